The Morgan fingerprint density at radius 1 is 1.71 bits per heavy atom. The highest BCUT2D eigenvalue weighted by molar-refractivity contribution is 7.47. The van der Waals surface area contributed by atoms with Crippen LogP contribution in [-0.4, -0.2) is 40.1 Å². The molecule has 82 valence electrons. The third-order valence-corrected chi connectivity index (χ3v) is 1.83. The van der Waals surface area contributed by atoms with Gasteiger partial charge in [-0.3, -0.25) is 15.5 Å². The van der Waals surface area contributed by atoms with Gasteiger partial charge in [-0.2, -0.15) is 4.08 Å². The molecule has 0 bridgehead atoms. The van der Waals surface area contributed by atoms with Crippen molar-refractivity contribution in [3.8, 4) is 0 Å². The first-order valence-corrected chi connectivity index (χ1v) is 5.05. The predicted octanol–water partition coefficient (Wildman–Crippen LogP) is -0.768. The van der Waals surface area contributed by atoms with E-state index < -0.39 is 7.82 Å². The molecule has 1 fully saturated rings. The van der Waals surface area contributed by atoms with E-state index in [4.69, 9.17) is 15.2 Å². The van der Waals surface area contributed by atoms with E-state index in [1.165, 1.54) is 0 Å². The number of halogens is 1. The zero-order valence-electron chi connectivity index (χ0n) is 7.10. The van der Waals surface area contributed by atoms with Crippen molar-refractivity contribution < 1.29 is 23.2 Å². The standard InChI is InChI=1S/C4H7N3O.ClH2O4P/c1-7-2-3(8)6-4(7)5;1-5-6(2,3)4/h2H2,1H3,(H2,5,6,8);(H2,2,3,4). The number of nitrogens with one attached hydrogen (secondary N) is 2. The Bertz CT molecular complexity index is 278. The molecule has 1 saturated heterocycles. The van der Waals surface area contributed by atoms with E-state index in [1.807, 2.05) is 0 Å². The number of phosphoric acid groups is 1. The Morgan fingerprint density at radius 3 is 2.21 bits per heavy atom. The molecule has 0 saturated carbocycles. The van der Waals surface area contributed by atoms with Gasteiger partial charge in [-0.1, -0.05) is 0 Å². The van der Waals surface area contributed by atoms with Crippen LogP contribution in [0.15, 0.2) is 0 Å². The molecule has 14 heavy (non-hydrogen) atoms. The van der Waals surface area contributed by atoms with E-state index >= 15 is 0 Å². The lowest BCUT2D eigenvalue weighted by atomic mass is 10.6. The number of guanidine groups is 1. The first-order valence-electron chi connectivity index (χ1n) is 3.21. The summed E-state index contributed by atoms with van der Waals surface area (Å²) in [7, 11) is -2.69. The van der Waals surface area contributed by atoms with E-state index in [9.17, 15) is 9.36 Å². The van der Waals surface area contributed by atoms with Gasteiger partial charge < -0.3 is 14.7 Å². The number of carbonyl (C=O) groups excluding carboxylic acids is 1. The monoisotopic (exact) mass is 245 g/mol. The maximum atomic E-state index is 10.4. The molecule has 1 aliphatic heterocycles. The van der Waals surface area contributed by atoms with Gasteiger partial charge in [-0.25, -0.2) is 4.57 Å². The maximum absolute atomic E-state index is 10.4. The molecule has 0 aromatic rings. The van der Waals surface area contributed by atoms with Gasteiger partial charge in [0.05, 0.1) is 18.4 Å². The van der Waals surface area contributed by atoms with Gasteiger partial charge in [-0.15, -0.1) is 0 Å². The van der Waals surface area contributed by atoms with Gasteiger partial charge in [0.1, 0.15) is 0 Å². The quantitative estimate of drug-likeness (QED) is 0.450. The Hall–Kier alpha value is -0.660. The van der Waals surface area contributed by atoms with Crippen LogP contribution >= 0.6 is 19.7 Å². The van der Waals surface area contributed by atoms with Gasteiger partial charge in [0.2, 0.25) is 5.91 Å². The molecule has 0 unspecified atom stereocenters. The molecule has 1 rings (SSSR count). The maximum Gasteiger partial charge on any atom is 0.486 e. The molecule has 1 aliphatic rings. The van der Waals surface area contributed by atoms with Crippen LogP contribution < -0.4 is 5.32 Å². The lowest BCUT2D eigenvalue weighted by Crippen LogP contribution is -2.25. The molecule has 0 atom stereocenters. The average Bonchev–Trinajstić information content (AvgIpc) is 2.29. The van der Waals surface area contributed by atoms with Crippen LogP contribution in [0.1, 0.15) is 0 Å². The van der Waals surface area contributed by atoms with Crippen molar-refractivity contribution in [2.24, 2.45) is 0 Å². The molecule has 0 spiro atoms. The Balaban J connectivity index is 0.000000255. The van der Waals surface area contributed by atoms with E-state index in [0.717, 1.165) is 0 Å². The van der Waals surface area contributed by atoms with Crippen LogP contribution in [0.3, 0.4) is 0 Å². The second-order valence-corrected chi connectivity index (χ2v) is 3.85. The highest BCUT2D eigenvalue weighted by Crippen LogP contribution is 2.36. The molecule has 0 aliphatic carbocycles. The summed E-state index contributed by atoms with van der Waals surface area (Å²) in [6.07, 6.45) is 0. The first kappa shape index (κ1) is 13.3. The fourth-order valence-electron chi connectivity index (χ4n) is 0.561. The topological polar surface area (TPSA) is 123 Å². The highest BCUT2D eigenvalue weighted by atomic mass is 35.5. The Kier molecular flexibility index (Phi) is 5.03. The molecule has 0 radical (unpaired) electrons. The van der Waals surface area contributed by atoms with Crippen molar-refractivity contribution in [2.45, 2.75) is 0 Å². The Morgan fingerprint density at radius 2 is 2.14 bits per heavy atom. The summed E-state index contributed by atoms with van der Waals surface area (Å²) >= 11 is 4.21. The fraction of sp³-hybridized carbons (Fsp3) is 0.500. The summed E-state index contributed by atoms with van der Waals surface area (Å²) in [6.45, 7) is 0.318. The normalized spacial score (nSPS) is 16.1. The second-order valence-electron chi connectivity index (χ2n) is 2.31. The molecule has 0 aromatic carbocycles. The second kappa shape index (κ2) is 5.28. The third kappa shape index (κ3) is 5.90. The van der Waals surface area contributed by atoms with Crippen LogP contribution in [0.2, 0.25) is 0 Å². The number of hydrogen-bond acceptors (Lipinski definition) is 4. The SMILES string of the molecule is CN1CC(=O)NC1=N.O=P(O)(O)OCl. The first-order chi connectivity index (χ1) is 6.26. The lowest BCUT2D eigenvalue weighted by Gasteiger charge is -2.03. The van der Waals surface area contributed by atoms with Crippen LogP contribution in [-0.2, 0) is 13.4 Å². The molecule has 8 nitrogen and oxygen atoms in total. The fourth-order valence-corrected chi connectivity index (χ4v) is 0.561. The largest absolute Gasteiger partial charge is 0.486 e. The molecular formula is C4H9ClN3O5P. The smallest absolute Gasteiger partial charge is 0.337 e. The van der Waals surface area contributed by atoms with Gasteiger partial charge in [0, 0.05) is 7.05 Å². The van der Waals surface area contributed by atoms with E-state index in [1.54, 1.807) is 11.9 Å². The Labute approximate surface area is 84.7 Å². The minimum Gasteiger partial charge on any atom is -0.337 e. The molecule has 0 aromatic heterocycles. The van der Waals surface area contributed by atoms with E-state index in [0.29, 0.717) is 6.54 Å². The van der Waals surface area contributed by atoms with Crippen LogP contribution in [0.4, 0.5) is 0 Å². The molecule has 1 amide bonds. The van der Waals surface area contributed by atoms with Crippen molar-refractivity contribution >= 4 is 31.6 Å². The van der Waals surface area contributed by atoms with Crippen molar-refractivity contribution in [3.63, 3.8) is 0 Å². The van der Waals surface area contributed by atoms with Crippen molar-refractivity contribution in [2.75, 3.05) is 13.6 Å². The minimum atomic E-state index is -4.38. The number of likely N-dealkylation sites (N-methyl/N-ethyl adjacent to an activating group) is 1. The van der Waals surface area contributed by atoms with Gasteiger partial charge >= 0.3 is 7.82 Å². The lowest BCUT2D eigenvalue weighted by molar-refractivity contribution is -0.118. The predicted molar refractivity (Wildman–Crippen MR) is 47.5 cm³/mol. The van der Waals surface area contributed by atoms with Crippen molar-refractivity contribution in [1.29, 1.82) is 5.41 Å². The summed E-state index contributed by atoms with van der Waals surface area (Å²) in [6, 6.07) is 0. The van der Waals surface area contributed by atoms with E-state index in [2.05, 4.69) is 21.3 Å². The van der Waals surface area contributed by atoms with Gasteiger partial charge in [0.25, 0.3) is 0 Å². The number of hydrogen-bond donors (Lipinski definition) is 4. The zero-order valence-corrected chi connectivity index (χ0v) is 8.75. The summed E-state index contributed by atoms with van der Waals surface area (Å²) in [4.78, 5) is 27.1. The van der Waals surface area contributed by atoms with Crippen LogP contribution in [0.25, 0.3) is 0 Å². The number of nitrogens with zero attached hydrogens (tertiary/aromatic N) is 1. The summed E-state index contributed by atoms with van der Waals surface area (Å²) in [5, 5.41) is 9.32. The van der Waals surface area contributed by atoms with Gasteiger partial charge in [-0.05, 0) is 0 Å². The van der Waals surface area contributed by atoms with Crippen LogP contribution in [0.5, 0.6) is 0 Å². The number of rotatable bonds is 1. The van der Waals surface area contributed by atoms with Crippen molar-refractivity contribution in [3.05, 3.63) is 0 Å². The minimum absolute atomic E-state index is 0.0995. The van der Waals surface area contributed by atoms with Crippen LogP contribution in [0, 0.1) is 5.41 Å². The number of carbonyl (C=O) groups is 1. The molecule has 10 heteroatoms. The van der Waals surface area contributed by atoms with Gasteiger partial charge in [0.15, 0.2) is 5.96 Å². The number of amides is 1. The van der Waals surface area contributed by atoms with E-state index in [-0.39, 0.29) is 11.9 Å². The molecular weight excluding hydrogens is 236 g/mol. The summed E-state index contributed by atoms with van der Waals surface area (Å²) in [5.41, 5.74) is 0. The van der Waals surface area contributed by atoms with Crippen molar-refractivity contribution in [1.82, 2.24) is 10.2 Å². The highest BCUT2D eigenvalue weighted by Gasteiger charge is 2.18. The summed E-state index contributed by atoms with van der Waals surface area (Å²) < 4.78 is 12.4. The molecule has 4 N–H and O–H groups in total. The third-order valence-electron chi connectivity index (χ3n) is 1.11. The zero-order chi connectivity index (χ0) is 11.4. The summed E-state index contributed by atoms with van der Waals surface area (Å²) in [5.74, 6) is 0.0903. The molecule has 1 heterocycles. The average molecular weight is 246 g/mol.